The van der Waals surface area contributed by atoms with E-state index in [9.17, 15) is 18.0 Å². The van der Waals surface area contributed by atoms with Gasteiger partial charge in [-0.05, 0) is 58.5 Å². The predicted molar refractivity (Wildman–Crippen MR) is 118 cm³/mol. The summed E-state index contributed by atoms with van der Waals surface area (Å²) in [7, 11) is 0. The lowest BCUT2D eigenvalue weighted by molar-refractivity contribution is -0.192. The number of aliphatic carboxylic acids is 1. The van der Waals surface area contributed by atoms with Gasteiger partial charge in [0.05, 0.1) is 5.69 Å². The second-order valence-corrected chi connectivity index (χ2v) is 8.78. The Morgan fingerprint density at radius 3 is 2.34 bits per heavy atom. The first-order chi connectivity index (χ1) is 16.5. The molecule has 0 atom stereocenters. The Hall–Kier alpha value is -3.16. The van der Waals surface area contributed by atoms with Crippen LogP contribution in [0.25, 0.3) is 0 Å². The molecule has 0 radical (unpaired) electrons. The summed E-state index contributed by atoms with van der Waals surface area (Å²) in [6.07, 6.45) is 1.51. The van der Waals surface area contributed by atoms with E-state index in [4.69, 9.17) is 14.4 Å². The van der Waals surface area contributed by atoms with Gasteiger partial charge in [-0.3, -0.25) is 9.58 Å². The fourth-order valence-corrected chi connectivity index (χ4v) is 4.10. The Bertz CT molecular complexity index is 974. The van der Waals surface area contributed by atoms with E-state index in [1.54, 1.807) is 6.92 Å². The summed E-state index contributed by atoms with van der Waals surface area (Å²) in [5.41, 5.74) is 2.44. The lowest BCUT2D eigenvalue weighted by atomic mass is 9.97. The maximum Gasteiger partial charge on any atom is 0.490 e. The number of aromatic nitrogens is 4. The molecule has 4 heterocycles. The molecule has 0 aromatic carbocycles. The molecule has 0 aliphatic carbocycles. The summed E-state index contributed by atoms with van der Waals surface area (Å²) in [6.45, 7) is 9.23. The minimum absolute atomic E-state index is 0.0819. The fraction of sp³-hybridized carbons (Fsp3) is 0.667. The molecule has 35 heavy (non-hydrogen) atoms. The van der Waals surface area contributed by atoms with E-state index in [1.807, 2.05) is 16.5 Å². The summed E-state index contributed by atoms with van der Waals surface area (Å²) in [5.74, 6) is -1.60. The van der Waals surface area contributed by atoms with Crippen molar-refractivity contribution in [2.24, 2.45) is 5.92 Å². The lowest BCUT2D eigenvalue weighted by Gasteiger charge is -2.31. The van der Waals surface area contributed by atoms with Gasteiger partial charge in [-0.2, -0.15) is 13.2 Å². The molecule has 2 saturated heterocycles. The normalized spacial score (nSPS) is 17.2. The third-order valence-corrected chi connectivity index (χ3v) is 6.03. The molecular formula is C21H30F3N7O4. The standard InChI is InChI=1S/C19H29N7O2.C2HF3O2/c1-14-18(15(2)28-22-14)20-19(27)25-9-5-16(6-10-25)11-26-13-17(21-23-26)12-24-7-3-4-8-24;3-2(4,5)1(6)7/h13,16H,3-12H2,1-2H3,(H,20,27);(H,6,7). The van der Waals surface area contributed by atoms with Crippen LogP contribution >= 0.6 is 0 Å². The third-order valence-electron chi connectivity index (χ3n) is 6.03. The van der Waals surface area contributed by atoms with Gasteiger partial charge in [0.2, 0.25) is 0 Å². The number of carbonyl (C=O) groups is 2. The summed E-state index contributed by atoms with van der Waals surface area (Å²) in [6, 6.07) is -0.0819. The van der Waals surface area contributed by atoms with Gasteiger partial charge in [-0.25, -0.2) is 9.59 Å². The maximum atomic E-state index is 12.5. The molecule has 4 rings (SSSR count). The molecule has 14 heteroatoms. The average Bonchev–Trinajstić information content (AvgIpc) is 3.54. The largest absolute Gasteiger partial charge is 0.490 e. The SMILES string of the molecule is Cc1noc(C)c1NC(=O)N1CCC(Cn2cc(CN3CCCC3)nn2)CC1.O=C(O)C(F)(F)F. The second kappa shape index (κ2) is 11.5. The molecule has 2 fully saturated rings. The number of urea groups is 1. The van der Waals surface area contributed by atoms with Gasteiger partial charge in [0.15, 0.2) is 5.76 Å². The molecule has 11 nitrogen and oxygen atoms in total. The van der Waals surface area contributed by atoms with Crippen LogP contribution < -0.4 is 5.32 Å². The zero-order chi connectivity index (χ0) is 25.6. The van der Waals surface area contributed by atoms with Crippen molar-refractivity contribution in [3.63, 3.8) is 0 Å². The highest BCUT2D eigenvalue weighted by molar-refractivity contribution is 5.90. The topological polar surface area (TPSA) is 130 Å². The van der Waals surface area contributed by atoms with Gasteiger partial charge in [0.1, 0.15) is 11.4 Å². The van der Waals surface area contributed by atoms with Gasteiger partial charge in [-0.15, -0.1) is 5.10 Å². The second-order valence-electron chi connectivity index (χ2n) is 8.78. The first-order valence-electron chi connectivity index (χ1n) is 11.4. The number of alkyl halides is 3. The molecule has 0 saturated carbocycles. The molecule has 0 spiro atoms. The van der Waals surface area contributed by atoms with E-state index < -0.39 is 12.1 Å². The van der Waals surface area contributed by atoms with E-state index in [1.165, 1.54) is 25.9 Å². The van der Waals surface area contributed by atoms with Crippen LogP contribution in [0.1, 0.15) is 42.8 Å². The molecule has 2 aromatic rings. The van der Waals surface area contributed by atoms with E-state index in [-0.39, 0.29) is 6.03 Å². The summed E-state index contributed by atoms with van der Waals surface area (Å²) in [4.78, 5) is 25.7. The van der Waals surface area contributed by atoms with Crippen molar-refractivity contribution >= 4 is 17.7 Å². The first-order valence-corrected chi connectivity index (χ1v) is 11.4. The Labute approximate surface area is 200 Å². The van der Waals surface area contributed by atoms with Crippen LogP contribution in [0.4, 0.5) is 23.7 Å². The van der Waals surface area contributed by atoms with Crippen molar-refractivity contribution in [1.82, 2.24) is 30.0 Å². The van der Waals surface area contributed by atoms with Gasteiger partial charge in [0.25, 0.3) is 0 Å². The molecule has 0 unspecified atom stereocenters. The van der Waals surface area contributed by atoms with Crippen LogP contribution in [0, 0.1) is 19.8 Å². The Balaban J connectivity index is 0.000000429. The monoisotopic (exact) mass is 501 g/mol. The first kappa shape index (κ1) is 26.4. The number of likely N-dealkylation sites (tertiary alicyclic amines) is 2. The Kier molecular flexibility index (Phi) is 8.70. The van der Waals surface area contributed by atoms with Crippen molar-refractivity contribution in [3.8, 4) is 0 Å². The van der Waals surface area contributed by atoms with Crippen LogP contribution in [0.2, 0.25) is 0 Å². The van der Waals surface area contributed by atoms with Crippen molar-refractivity contribution in [2.45, 2.75) is 58.8 Å². The zero-order valence-electron chi connectivity index (χ0n) is 19.7. The molecule has 194 valence electrons. The van der Waals surface area contributed by atoms with Gasteiger partial charge >= 0.3 is 18.2 Å². The van der Waals surface area contributed by atoms with Crippen LogP contribution in [0.15, 0.2) is 10.7 Å². The minimum Gasteiger partial charge on any atom is -0.475 e. The highest BCUT2D eigenvalue weighted by Crippen LogP contribution is 2.23. The number of carboxylic acids is 1. The molecule has 2 aromatic heterocycles. The van der Waals surface area contributed by atoms with Crippen molar-refractivity contribution in [1.29, 1.82) is 0 Å². The van der Waals surface area contributed by atoms with E-state index in [0.29, 0.717) is 23.1 Å². The zero-order valence-corrected chi connectivity index (χ0v) is 19.7. The number of hydrogen-bond donors (Lipinski definition) is 2. The molecule has 0 bridgehead atoms. The van der Waals surface area contributed by atoms with Crippen molar-refractivity contribution in [2.75, 3.05) is 31.5 Å². The lowest BCUT2D eigenvalue weighted by Crippen LogP contribution is -2.41. The number of nitrogens with one attached hydrogen (secondary N) is 1. The highest BCUT2D eigenvalue weighted by atomic mass is 19.4. The smallest absolute Gasteiger partial charge is 0.475 e. The average molecular weight is 502 g/mol. The number of amides is 2. The third kappa shape index (κ3) is 7.67. The number of carbonyl (C=O) groups excluding carboxylic acids is 1. The van der Waals surface area contributed by atoms with Gasteiger partial charge < -0.3 is 19.8 Å². The summed E-state index contributed by atoms with van der Waals surface area (Å²) < 4.78 is 38.8. The van der Waals surface area contributed by atoms with E-state index in [0.717, 1.165) is 44.7 Å². The van der Waals surface area contributed by atoms with Gasteiger partial charge in [-0.1, -0.05) is 10.4 Å². The number of anilines is 1. The highest BCUT2D eigenvalue weighted by Gasteiger charge is 2.38. The summed E-state index contributed by atoms with van der Waals surface area (Å²) in [5, 5.41) is 22.6. The Morgan fingerprint density at radius 2 is 1.80 bits per heavy atom. The number of nitrogens with zero attached hydrogens (tertiary/aromatic N) is 6. The van der Waals surface area contributed by atoms with E-state index in [2.05, 4.69) is 31.9 Å². The number of rotatable bonds is 5. The molecule has 2 aliphatic heterocycles. The van der Waals surface area contributed by atoms with Crippen LogP contribution in [0.5, 0.6) is 0 Å². The minimum atomic E-state index is -5.08. The van der Waals surface area contributed by atoms with E-state index >= 15 is 0 Å². The fourth-order valence-electron chi connectivity index (χ4n) is 4.10. The number of halogens is 3. The number of aryl methyl sites for hydroxylation is 2. The van der Waals surface area contributed by atoms with Crippen molar-refractivity contribution < 1.29 is 32.4 Å². The van der Waals surface area contributed by atoms with Gasteiger partial charge in [0, 0.05) is 32.4 Å². The molecule has 2 N–H and O–H groups in total. The quantitative estimate of drug-likeness (QED) is 0.640. The van der Waals surface area contributed by atoms with Crippen LogP contribution in [-0.4, -0.2) is 79.4 Å². The predicted octanol–water partition coefficient (Wildman–Crippen LogP) is 3.06. The number of piperidine rings is 1. The van der Waals surface area contributed by atoms with Crippen molar-refractivity contribution in [3.05, 3.63) is 23.3 Å². The number of carboxylic acid groups (broad SMARTS) is 1. The Morgan fingerprint density at radius 1 is 1.17 bits per heavy atom. The molecule has 2 aliphatic rings. The number of hydrogen-bond acceptors (Lipinski definition) is 7. The maximum absolute atomic E-state index is 12.5. The van der Waals surface area contributed by atoms with Crippen LogP contribution in [0.3, 0.4) is 0 Å². The van der Waals surface area contributed by atoms with Crippen LogP contribution in [-0.2, 0) is 17.9 Å². The summed E-state index contributed by atoms with van der Waals surface area (Å²) >= 11 is 0. The molecular weight excluding hydrogens is 471 g/mol. The molecule has 2 amide bonds.